The fraction of sp³-hybridized carbons (Fsp3) is 0.176. The Morgan fingerprint density at radius 2 is 2.05 bits per heavy atom. The van der Waals surface area contributed by atoms with E-state index in [1.165, 1.54) is 12.3 Å². The number of phenolic OH excluding ortho intramolecular Hbond substituents is 2. The lowest BCUT2D eigenvalue weighted by molar-refractivity contribution is 0.0983. The van der Waals surface area contributed by atoms with E-state index in [2.05, 4.69) is 4.99 Å². The van der Waals surface area contributed by atoms with Crippen molar-refractivity contribution < 1.29 is 19.7 Å². The van der Waals surface area contributed by atoms with Crippen molar-refractivity contribution in [3.05, 3.63) is 47.5 Å². The minimum Gasteiger partial charge on any atom is -0.504 e. The minimum atomic E-state index is -0.222. The fourth-order valence-corrected chi connectivity index (χ4v) is 2.29. The first-order valence-corrected chi connectivity index (χ1v) is 7.00. The van der Waals surface area contributed by atoms with Crippen LogP contribution in [0.2, 0.25) is 0 Å². The largest absolute Gasteiger partial charge is 0.504 e. The summed E-state index contributed by atoms with van der Waals surface area (Å²) in [5.74, 6) is 0.210. The van der Waals surface area contributed by atoms with Crippen molar-refractivity contribution in [2.24, 2.45) is 4.99 Å². The Bertz CT molecular complexity index is 752. The third-order valence-electron chi connectivity index (χ3n) is 3.47. The van der Waals surface area contributed by atoms with Gasteiger partial charge in [-0.3, -0.25) is 9.79 Å². The molecule has 0 aliphatic carbocycles. The lowest BCUT2D eigenvalue weighted by Crippen LogP contribution is -1.96. The molecule has 0 atom stereocenters. The lowest BCUT2D eigenvalue weighted by Gasteiger charge is -2.06. The summed E-state index contributed by atoms with van der Waals surface area (Å²) in [6.45, 7) is 0.540. The van der Waals surface area contributed by atoms with Gasteiger partial charge in [0.15, 0.2) is 17.3 Å². The van der Waals surface area contributed by atoms with Crippen molar-refractivity contribution in [1.82, 2.24) is 0 Å². The maximum absolute atomic E-state index is 12.0. The second-order valence-electron chi connectivity index (χ2n) is 5.03. The zero-order valence-electron chi connectivity index (χ0n) is 11.8. The van der Waals surface area contributed by atoms with E-state index in [0.29, 0.717) is 42.0 Å². The first-order chi connectivity index (χ1) is 10.6. The molecule has 3 rings (SSSR count). The number of carbonyl (C=O) groups excluding carboxylic acids is 1. The van der Waals surface area contributed by atoms with Crippen molar-refractivity contribution in [3.8, 4) is 17.2 Å². The van der Waals surface area contributed by atoms with Crippen LogP contribution in [-0.4, -0.2) is 28.8 Å². The number of ether oxygens (including phenoxy) is 1. The molecule has 5 heteroatoms. The van der Waals surface area contributed by atoms with Crippen molar-refractivity contribution in [2.75, 3.05) is 6.61 Å². The molecule has 2 aromatic carbocycles. The molecule has 1 aliphatic heterocycles. The van der Waals surface area contributed by atoms with Crippen LogP contribution in [0.4, 0.5) is 5.69 Å². The van der Waals surface area contributed by atoms with Gasteiger partial charge in [0.1, 0.15) is 5.75 Å². The van der Waals surface area contributed by atoms with Gasteiger partial charge >= 0.3 is 0 Å². The summed E-state index contributed by atoms with van der Waals surface area (Å²) in [7, 11) is 0. The molecule has 1 heterocycles. The van der Waals surface area contributed by atoms with E-state index >= 15 is 0 Å². The second kappa shape index (κ2) is 5.89. The van der Waals surface area contributed by atoms with E-state index in [1.807, 2.05) is 0 Å². The van der Waals surface area contributed by atoms with Gasteiger partial charge in [-0.2, -0.15) is 0 Å². The number of aromatic hydroxyl groups is 2. The number of para-hydroxylation sites is 1. The molecule has 5 nitrogen and oxygen atoms in total. The summed E-state index contributed by atoms with van der Waals surface area (Å²) in [5, 5.41) is 19.2. The first-order valence-electron chi connectivity index (χ1n) is 7.00. The number of hydrogen-bond acceptors (Lipinski definition) is 5. The summed E-state index contributed by atoms with van der Waals surface area (Å²) >= 11 is 0. The van der Waals surface area contributed by atoms with E-state index in [-0.39, 0.29) is 17.3 Å². The van der Waals surface area contributed by atoms with Crippen molar-refractivity contribution in [1.29, 1.82) is 0 Å². The highest BCUT2D eigenvalue weighted by Gasteiger charge is 2.16. The van der Waals surface area contributed by atoms with Gasteiger partial charge in [0.25, 0.3) is 0 Å². The Morgan fingerprint density at radius 1 is 1.18 bits per heavy atom. The number of rotatable bonds is 2. The molecule has 0 fully saturated rings. The topological polar surface area (TPSA) is 79.1 Å². The molecule has 2 aromatic rings. The molecule has 0 saturated carbocycles. The molecule has 0 amide bonds. The van der Waals surface area contributed by atoms with Crippen LogP contribution in [0, 0.1) is 0 Å². The second-order valence-corrected chi connectivity index (χ2v) is 5.03. The number of aliphatic imine (C=N–C) groups is 1. The molecule has 0 bridgehead atoms. The van der Waals surface area contributed by atoms with Crippen LogP contribution in [0.25, 0.3) is 0 Å². The van der Waals surface area contributed by atoms with Crippen LogP contribution in [0.3, 0.4) is 0 Å². The van der Waals surface area contributed by atoms with E-state index in [0.717, 1.165) is 0 Å². The number of fused-ring (bicyclic) bond motifs is 1. The molecule has 1 aliphatic rings. The molecule has 112 valence electrons. The van der Waals surface area contributed by atoms with Gasteiger partial charge in [0, 0.05) is 18.2 Å². The summed E-state index contributed by atoms with van der Waals surface area (Å²) in [4.78, 5) is 16.3. The van der Waals surface area contributed by atoms with Gasteiger partial charge in [-0.05, 0) is 36.8 Å². The monoisotopic (exact) mass is 297 g/mol. The third kappa shape index (κ3) is 2.79. The number of ketones is 1. The van der Waals surface area contributed by atoms with Crippen molar-refractivity contribution in [2.45, 2.75) is 12.8 Å². The fourth-order valence-electron chi connectivity index (χ4n) is 2.29. The SMILES string of the molecule is O=C1CCCOc2ccc(N=Cc3cccc(O)c3O)cc21. The molecule has 0 spiro atoms. The highest BCUT2D eigenvalue weighted by molar-refractivity contribution is 6.00. The molecule has 0 radical (unpaired) electrons. The van der Waals surface area contributed by atoms with Crippen LogP contribution in [-0.2, 0) is 0 Å². The van der Waals surface area contributed by atoms with E-state index in [1.54, 1.807) is 30.3 Å². The predicted molar refractivity (Wildman–Crippen MR) is 82.5 cm³/mol. The number of Topliss-reactive ketones (excluding diaryl/α,β-unsaturated/α-hetero) is 1. The number of phenols is 2. The normalized spacial score (nSPS) is 14.5. The minimum absolute atomic E-state index is 0.0461. The van der Waals surface area contributed by atoms with E-state index < -0.39 is 0 Å². The van der Waals surface area contributed by atoms with Crippen molar-refractivity contribution in [3.63, 3.8) is 0 Å². The lowest BCUT2D eigenvalue weighted by atomic mass is 10.1. The Labute approximate surface area is 127 Å². The van der Waals surface area contributed by atoms with Crippen LogP contribution in [0.1, 0.15) is 28.8 Å². The summed E-state index contributed by atoms with van der Waals surface area (Å²) in [6, 6.07) is 9.80. The molecule has 0 aromatic heterocycles. The van der Waals surface area contributed by atoms with Gasteiger partial charge in [-0.25, -0.2) is 0 Å². The Kier molecular flexibility index (Phi) is 3.78. The van der Waals surface area contributed by atoms with Gasteiger partial charge in [0.2, 0.25) is 0 Å². The highest BCUT2D eigenvalue weighted by Crippen LogP contribution is 2.30. The average molecular weight is 297 g/mol. The first kappa shape index (κ1) is 14.1. The van der Waals surface area contributed by atoms with Crippen LogP contribution < -0.4 is 4.74 Å². The van der Waals surface area contributed by atoms with E-state index in [4.69, 9.17) is 4.74 Å². The molecular formula is C17H15NO4. The summed E-state index contributed by atoms with van der Waals surface area (Å²) in [6.07, 6.45) is 2.62. The standard InChI is InChI=1S/C17H15NO4/c19-14-5-2-8-22-16-7-6-12(9-13(14)16)18-10-11-3-1-4-15(20)17(11)21/h1,3-4,6-7,9-10,20-21H,2,5,8H2. The zero-order chi connectivity index (χ0) is 15.5. The van der Waals surface area contributed by atoms with E-state index in [9.17, 15) is 15.0 Å². The van der Waals surface area contributed by atoms with Gasteiger partial charge < -0.3 is 14.9 Å². The zero-order valence-corrected chi connectivity index (χ0v) is 11.8. The molecule has 0 unspecified atom stereocenters. The molecular weight excluding hydrogens is 282 g/mol. The molecule has 22 heavy (non-hydrogen) atoms. The van der Waals surface area contributed by atoms with Crippen LogP contribution in [0.5, 0.6) is 17.2 Å². The van der Waals surface area contributed by atoms with Crippen molar-refractivity contribution >= 4 is 17.7 Å². The number of hydrogen-bond donors (Lipinski definition) is 2. The third-order valence-corrected chi connectivity index (χ3v) is 3.47. The summed E-state index contributed by atoms with van der Waals surface area (Å²) < 4.78 is 5.53. The van der Waals surface area contributed by atoms with Gasteiger partial charge in [-0.1, -0.05) is 6.07 Å². The maximum atomic E-state index is 12.0. The van der Waals surface area contributed by atoms with Gasteiger partial charge in [0.05, 0.1) is 17.9 Å². The number of benzene rings is 2. The molecule has 0 saturated heterocycles. The average Bonchev–Trinajstić information content (AvgIpc) is 2.71. The number of nitrogens with zero attached hydrogens (tertiary/aromatic N) is 1. The smallest absolute Gasteiger partial charge is 0.166 e. The van der Waals surface area contributed by atoms with Gasteiger partial charge in [-0.15, -0.1) is 0 Å². The highest BCUT2D eigenvalue weighted by atomic mass is 16.5. The quantitative estimate of drug-likeness (QED) is 0.659. The number of carbonyl (C=O) groups is 1. The Hall–Kier alpha value is -2.82. The Balaban J connectivity index is 1.91. The van der Waals surface area contributed by atoms with Crippen LogP contribution in [0.15, 0.2) is 41.4 Å². The molecule has 2 N–H and O–H groups in total. The van der Waals surface area contributed by atoms with Crippen LogP contribution >= 0.6 is 0 Å². The predicted octanol–water partition coefficient (Wildman–Crippen LogP) is 3.20. The summed E-state index contributed by atoms with van der Waals surface area (Å²) in [5.41, 5.74) is 1.52. The Morgan fingerprint density at radius 3 is 2.91 bits per heavy atom. The maximum Gasteiger partial charge on any atom is 0.166 e.